The Morgan fingerprint density at radius 2 is 1.65 bits per heavy atom. The monoisotopic (exact) mass is 535 g/mol. The van der Waals surface area contributed by atoms with E-state index in [1.807, 2.05) is 30.5 Å². The van der Waals surface area contributed by atoms with Gasteiger partial charge in [-0.2, -0.15) is 11.8 Å². The fourth-order valence-corrected chi connectivity index (χ4v) is 4.06. The van der Waals surface area contributed by atoms with Crippen molar-refractivity contribution in [2.45, 2.75) is 56.8 Å². The molecule has 13 heteroatoms. The van der Waals surface area contributed by atoms with Gasteiger partial charge in [-0.3, -0.25) is 19.2 Å². The zero-order valence-electron chi connectivity index (χ0n) is 20.7. The van der Waals surface area contributed by atoms with Crippen LogP contribution in [0.3, 0.4) is 0 Å². The van der Waals surface area contributed by atoms with Gasteiger partial charge in [-0.1, -0.05) is 18.2 Å². The van der Waals surface area contributed by atoms with Gasteiger partial charge in [0.05, 0.1) is 6.04 Å². The minimum absolute atomic E-state index is 0.0341. The molecule has 1 heterocycles. The Balaban J connectivity index is 2.00. The molecular weight excluding hydrogens is 502 g/mol. The van der Waals surface area contributed by atoms with E-state index in [0.29, 0.717) is 5.75 Å². The molecule has 0 spiro atoms. The molecule has 0 radical (unpaired) electrons. The largest absolute Gasteiger partial charge is 0.481 e. The van der Waals surface area contributed by atoms with Crippen LogP contribution in [0.25, 0.3) is 10.9 Å². The first-order valence-corrected chi connectivity index (χ1v) is 13.1. The molecule has 1 aromatic heterocycles. The standard InChI is InChI=1S/C24H33N5O7S/c1-13(27-23(34)18(9-10-37-2)28-22(33)16(25)7-8-20(30)31)21(32)29-19(24(35)36)11-14-12-26-17-6-4-3-5-15(14)17/h3-6,12-13,16,18-19,26H,7-11,25H2,1-2H3,(H,27,34)(H,28,33)(H,29,32)(H,30,31)(H,35,36). The van der Waals surface area contributed by atoms with Crippen molar-refractivity contribution in [3.63, 3.8) is 0 Å². The van der Waals surface area contributed by atoms with Crippen LogP contribution in [-0.4, -0.2) is 81.0 Å². The number of H-pyrrole nitrogens is 1. The minimum atomic E-state index is -1.23. The van der Waals surface area contributed by atoms with Crippen molar-refractivity contribution in [2.24, 2.45) is 5.73 Å². The number of aromatic amines is 1. The van der Waals surface area contributed by atoms with Crippen LogP contribution in [-0.2, 0) is 30.4 Å². The maximum Gasteiger partial charge on any atom is 0.326 e. The molecule has 0 fully saturated rings. The Morgan fingerprint density at radius 3 is 2.30 bits per heavy atom. The number of carbonyl (C=O) groups is 5. The fraction of sp³-hybridized carbons (Fsp3) is 0.458. The van der Waals surface area contributed by atoms with Gasteiger partial charge in [-0.15, -0.1) is 0 Å². The highest BCUT2D eigenvalue weighted by atomic mass is 32.2. The van der Waals surface area contributed by atoms with Crippen molar-refractivity contribution < 1.29 is 34.2 Å². The van der Waals surface area contributed by atoms with Gasteiger partial charge in [0.25, 0.3) is 0 Å². The number of carbonyl (C=O) groups excluding carboxylic acids is 3. The second-order valence-electron chi connectivity index (χ2n) is 8.57. The average molecular weight is 536 g/mol. The van der Waals surface area contributed by atoms with Gasteiger partial charge in [-0.25, -0.2) is 4.79 Å². The van der Waals surface area contributed by atoms with E-state index in [-0.39, 0.29) is 25.7 Å². The smallest absolute Gasteiger partial charge is 0.326 e. The first kappa shape index (κ1) is 29.6. The zero-order chi connectivity index (χ0) is 27.5. The number of amides is 3. The normalized spacial score (nSPS) is 14.2. The summed E-state index contributed by atoms with van der Waals surface area (Å²) in [6.45, 7) is 1.41. The summed E-state index contributed by atoms with van der Waals surface area (Å²) < 4.78 is 0. The zero-order valence-corrected chi connectivity index (χ0v) is 21.5. The lowest BCUT2D eigenvalue weighted by Gasteiger charge is -2.23. The van der Waals surface area contributed by atoms with Gasteiger partial charge < -0.3 is 36.9 Å². The predicted octanol–water partition coefficient (Wildman–Crippen LogP) is 0.215. The van der Waals surface area contributed by atoms with Crippen molar-refractivity contribution >= 4 is 52.3 Å². The van der Waals surface area contributed by atoms with Crippen molar-refractivity contribution in [3.05, 3.63) is 36.0 Å². The maximum absolute atomic E-state index is 12.8. The second-order valence-corrected chi connectivity index (χ2v) is 9.56. The van der Waals surface area contributed by atoms with Crippen LogP contribution in [0.15, 0.2) is 30.5 Å². The van der Waals surface area contributed by atoms with Crippen molar-refractivity contribution in [3.8, 4) is 0 Å². The molecule has 8 N–H and O–H groups in total. The summed E-state index contributed by atoms with van der Waals surface area (Å²) in [4.78, 5) is 63.6. The summed E-state index contributed by atoms with van der Waals surface area (Å²) in [5.74, 6) is -3.81. The van der Waals surface area contributed by atoms with Crippen LogP contribution >= 0.6 is 11.8 Å². The molecule has 0 saturated heterocycles. The van der Waals surface area contributed by atoms with Crippen molar-refractivity contribution in [1.82, 2.24) is 20.9 Å². The number of rotatable bonds is 15. The molecule has 0 aliphatic rings. The third-order valence-corrected chi connectivity index (χ3v) is 6.36. The number of fused-ring (bicyclic) bond motifs is 1. The Bertz CT molecular complexity index is 1120. The van der Waals surface area contributed by atoms with Gasteiger partial charge in [0, 0.05) is 29.9 Å². The molecule has 0 aliphatic heterocycles. The number of hydrogen-bond acceptors (Lipinski definition) is 7. The number of aromatic nitrogens is 1. The third kappa shape index (κ3) is 9.10. The third-order valence-electron chi connectivity index (χ3n) is 5.72. The second kappa shape index (κ2) is 14.2. The van der Waals surface area contributed by atoms with E-state index in [1.54, 1.807) is 6.20 Å². The molecule has 4 atom stereocenters. The number of nitrogens with two attached hydrogens (primary N) is 1. The van der Waals surface area contributed by atoms with Crippen LogP contribution in [0.1, 0.15) is 31.7 Å². The highest BCUT2D eigenvalue weighted by Gasteiger charge is 2.28. The highest BCUT2D eigenvalue weighted by Crippen LogP contribution is 2.19. The first-order chi connectivity index (χ1) is 17.5. The molecule has 2 aromatic rings. The van der Waals surface area contributed by atoms with Crippen LogP contribution in [0.5, 0.6) is 0 Å². The molecule has 4 unspecified atom stereocenters. The number of carboxylic acids is 2. The van der Waals surface area contributed by atoms with Crippen molar-refractivity contribution in [2.75, 3.05) is 12.0 Å². The quantitative estimate of drug-likeness (QED) is 0.166. The number of benzene rings is 1. The van der Waals surface area contributed by atoms with E-state index >= 15 is 0 Å². The lowest BCUT2D eigenvalue weighted by Crippen LogP contribution is -2.56. The number of carboxylic acid groups (broad SMARTS) is 2. The summed E-state index contributed by atoms with van der Waals surface area (Å²) in [6, 6.07) is 2.95. The molecule has 202 valence electrons. The maximum atomic E-state index is 12.8. The van der Waals surface area contributed by atoms with Gasteiger partial charge in [0.2, 0.25) is 17.7 Å². The molecule has 0 saturated carbocycles. The number of aliphatic carboxylic acids is 2. The number of para-hydroxylation sites is 1. The summed E-state index contributed by atoms with van der Waals surface area (Å²) >= 11 is 1.45. The van der Waals surface area contributed by atoms with Crippen LogP contribution in [0.2, 0.25) is 0 Å². The van der Waals surface area contributed by atoms with Gasteiger partial charge >= 0.3 is 11.9 Å². The topological polar surface area (TPSA) is 204 Å². The number of thioether (sulfide) groups is 1. The van der Waals surface area contributed by atoms with Crippen LogP contribution in [0.4, 0.5) is 0 Å². The van der Waals surface area contributed by atoms with Crippen LogP contribution in [0, 0.1) is 0 Å². The van der Waals surface area contributed by atoms with Crippen LogP contribution < -0.4 is 21.7 Å². The van der Waals surface area contributed by atoms with Gasteiger partial charge in [-0.05, 0) is 43.4 Å². The lowest BCUT2D eigenvalue weighted by molar-refractivity contribution is -0.142. The molecule has 0 aliphatic carbocycles. The Labute approximate surface area is 218 Å². The molecular formula is C24H33N5O7S. The van der Waals surface area contributed by atoms with E-state index in [1.165, 1.54) is 18.7 Å². The molecule has 12 nitrogen and oxygen atoms in total. The first-order valence-electron chi connectivity index (χ1n) is 11.7. The van der Waals surface area contributed by atoms with E-state index < -0.39 is 53.8 Å². The number of hydrogen-bond donors (Lipinski definition) is 7. The molecule has 2 rings (SSSR count). The van der Waals surface area contributed by atoms with E-state index in [0.717, 1.165) is 16.5 Å². The average Bonchev–Trinajstić information content (AvgIpc) is 3.26. The molecule has 37 heavy (non-hydrogen) atoms. The Kier molecular flexibility index (Phi) is 11.4. The summed E-state index contributed by atoms with van der Waals surface area (Å²) in [6.07, 6.45) is 3.41. The molecule has 3 amide bonds. The predicted molar refractivity (Wildman–Crippen MR) is 139 cm³/mol. The molecule has 0 bridgehead atoms. The van der Waals surface area contributed by atoms with E-state index in [9.17, 15) is 29.1 Å². The SMILES string of the molecule is CSCCC(NC(=O)C(N)CCC(=O)O)C(=O)NC(C)C(=O)NC(Cc1c[nH]c2ccccc12)C(=O)O. The van der Waals surface area contributed by atoms with Gasteiger partial charge in [0.15, 0.2) is 0 Å². The summed E-state index contributed by atoms with van der Waals surface area (Å²) in [5, 5.41) is 26.8. The summed E-state index contributed by atoms with van der Waals surface area (Å²) in [5.41, 5.74) is 7.29. The Morgan fingerprint density at radius 1 is 0.973 bits per heavy atom. The fourth-order valence-electron chi connectivity index (χ4n) is 3.59. The highest BCUT2D eigenvalue weighted by molar-refractivity contribution is 7.98. The van der Waals surface area contributed by atoms with E-state index in [4.69, 9.17) is 10.8 Å². The van der Waals surface area contributed by atoms with Crippen molar-refractivity contribution in [1.29, 1.82) is 0 Å². The minimum Gasteiger partial charge on any atom is -0.481 e. The lowest BCUT2D eigenvalue weighted by atomic mass is 10.0. The Hall–Kier alpha value is -3.58. The number of nitrogens with one attached hydrogen (secondary N) is 4. The molecule has 1 aromatic carbocycles. The van der Waals surface area contributed by atoms with E-state index in [2.05, 4.69) is 20.9 Å². The summed E-state index contributed by atoms with van der Waals surface area (Å²) in [7, 11) is 0. The van der Waals surface area contributed by atoms with Gasteiger partial charge in [0.1, 0.15) is 18.1 Å².